The van der Waals surface area contributed by atoms with E-state index < -0.39 is 0 Å². The first kappa shape index (κ1) is 25.4. The lowest BCUT2D eigenvalue weighted by Gasteiger charge is -2.29. The Balaban J connectivity index is 1.67. The molecule has 1 atom stereocenters. The maximum absolute atomic E-state index is 14.0. The standard InChI is InChI=1S/C30H34FN3O2/c1-4-27(22-8-6-5-7-9-22)30(36)34(19-21-10-14-25(31)15-11-21)20-24-18-26(16-17-28(24)33(2)3)32-29(35)23-12-13-23/h5-11,14-18,23,27H,4,12-13,19-20H2,1-3H3,(H,32,35)/t27-/m0/s1. The maximum Gasteiger partial charge on any atom is 0.230 e. The average molecular weight is 488 g/mol. The van der Waals surface area contributed by atoms with E-state index in [9.17, 15) is 14.0 Å². The van der Waals surface area contributed by atoms with E-state index in [0.29, 0.717) is 19.5 Å². The molecule has 5 nitrogen and oxygen atoms in total. The number of amides is 2. The van der Waals surface area contributed by atoms with Gasteiger partial charge in [0.15, 0.2) is 0 Å². The van der Waals surface area contributed by atoms with E-state index in [1.165, 1.54) is 12.1 Å². The van der Waals surface area contributed by atoms with Gasteiger partial charge in [-0.15, -0.1) is 0 Å². The van der Waals surface area contributed by atoms with Crippen molar-refractivity contribution in [2.75, 3.05) is 24.3 Å². The van der Waals surface area contributed by atoms with E-state index in [1.807, 2.05) is 79.3 Å². The van der Waals surface area contributed by atoms with Crippen molar-refractivity contribution in [2.45, 2.75) is 45.2 Å². The predicted octanol–water partition coefficient (Wildman–Crippen LogP) is 5.96. The Morgan fingerprint density at radius 2 is 1.67 bits per heavy atom. The predicted molar refractivity (Wildman–Crippen MR) is 142 cm³/mol. The third-order valence-electron chi connectivity index (χ3n) is 6.64. The third kappa shape index (κ3) is 6.30. The van der Waals surface area contributed by atoms with E-state index in [1.54, 1.807) is 12.1 Å². The number of rotatable bonds is 10. The van der Waals surface area contributed by atoms with Crippen LogP contribution in [0, 0.1) is 11.7 Å². The number of anilines is 2. The van der Waals surface area contributed by atoms with Crippen molar-refractivity contribution in [1.82, 2.24) is 4.90 Å². The summed E-state index contributed by atoms with van der Waals surface area (Å²) in [4.78, 5) is 30.2. The minimum atomic E-state index is -0.304. The Hall–Kier alpha value is -3.67. The lowest BCUT2D eigenvalue weighted by molar-refractivity contribution is -0.134. The summed E-state index contributed by atoms with van der Waals surface area (Å²) in [7, 11) is 3.93. The molecule has 0 aliphatic heterocycles. The molecule has 3 aromatic rings. The highest BCUT2D eigenvalue weighted by Gasteiger charge is 2.30. The van der Waals surface area contributed by atoms with Gasteiger partial charge in [0.05, 0.1) is 5.92 Å². The van der Waals surface area contributed by atoms with Gasteiger partial charge in [-0.3, -0.25) is 9.59 Å². The number of hydrogen-bond donors (Lipinski definition) is 1. The molecule has 2 amide bonds. The zero-order valence-electron chi connectivity index (χ0n) is 21.2. The molecule has 3 aromatic carbocycles. The van der Waals surface area contributed by atoms with Crippen LogP contribution in [0.2, 0.25) is 0 Å². The van der Waals surface area contributed by atoms with Crippen molar-refractivity contribution in [3.63, 3.8) is 0 Å². The van der Waals surface area contributed by atoms with Gasteiger partial charge in [-0.2, -0.15) is 0 Å². The van der Waals surface area contributed by atoms with E-state index in [4.69, 9.17) is 0 Å². The van der Waals surface area contributed by atoms with Gasteiger partial charge in [0.25, 0.3) is 0 Å². The second-order valence-corrected chi connectivity index (χ2v) is 9.69. The van der Waals surface area contributed by atoms with Crippen molar-refractivity contribution >= 4 is 23.2 Å². The van der Waals surface area contributed by atoms with Crippen LogP contribution < -0.4 is 10.2 Å². The summed E-state index contributed by atoms with van der Waals surface area (Å²) in [5.74, 6) is -0.415. The third-order valence-corrected chi connectivity index (χ3v) is 6.64. The van der Waals surface area contributed by atoms with Crippen molar-refractivity contribution in [1.29, 1.82) is 0 Å². The first-order valence-corrected chi connectivity index (χ1v) is 12.5. The number of carbonyl (C=O) groups excluding carboxylic acids is 2. The van der Waals surface area contributed by atoms with Gasteiger partial charge in [-0.05, 0) is 66.3 Å². The fraction of sp³-hybridized carbons (Fsp3) is 0.333. The molecule has 0 heterocycles. The summed E-state index contributed by atoms with van der Waals surface area (Å²) in [6.07, 6.45) is 2.54. The van der Waals surface area contributed by atoms with Crippen molar-refractivity contribution < 1.29 is 14.0 Å². The first-order valence-electron chi connectivity index (χ1n) is 12.5. The molecule has 36 heavy (non-hydrogen) atoms. The van der Waals surface area contributed by atoms with Crippen LogP contribution >= 0.6 is 0 Å². The largest absolute Gasteiger partial charge is 0.377 e. The molecule has 1 fully saturated rings. The van der Waals surface area contributed by atoms with Gasteiger partial charge in [0.2, 0.25) is 11.8 Å². The second kappa shape index (κ2) is 11.4. The minimum Gasteiger partial charge on any atom is -0.377 e. The van der Waals surface area contributed by atoms with Crippen LogP contribution in [0.4, 0.5) is 15.8 Å². The molecule has 0 radical (unpaired) electrons. The lowest BCUT2D eigenvalue weighted by Crippen LogP contribution is -2.34. The van der Waals surface area contributed by atoms with E-state index in [0.717, 1.165) is 40.9 Å². The maximum atomic E-state index is 14.0. The SMILES string of the molecule is CC[C@H](C(=O)N(Cc1ccc(F)cc1)Cc1cc(NC(=O)C2CC2)ccc1N(C)C)c1ccccc1. The minimum absolute atomic E-state index is 0.0187. The number of carbonyl (C=O) groups is 2. The van der Waals surface area contributed by atoms with Gasteiger partial charge in [-0.1, -0.05) is 49.4 Å². The molecule has 1 N–H and O–H groups in total. The van der Waals surface area contributed by atoms with Crippen molar-refractivity contribution in [3.05, 3.63) is 95.3 Å². The van der Waals surface area contributed by atoms with Crippen molar-refractivity contribution in [2.24, 2.45) is 5.92 Å². The van der Waals surface area contributed by atoms with Crippen molar-refractivity contribution in [3.8, 4) is 0 Å². The highest BCUT2D eigenvalue weighted by atomic mass is 19.1. The number of hydrogen-bond acceptors (Lipinski definition) is 3. The summed E-state index contributed by atoms with van der Waals surface area (Å²) < 4.78 is 13.6. The normalized spacial score (nSPS) is 13.7. The molecule has 188 valence electrons. The van der Waals surface area contributed by atoms with E-state index in [-0.39, 0.29) is 29.5 Å². The van der Waals surface area contributed by atoms with E-state index in [2.05, 4.69) is 5.32 Å². The molecule has 0 unspecified atom stereocenters. The fourth-order valence-electron chi connectivity index (χ4n) is 4.50. The molecule has 0 aromatic heterocycles. The van der Waals surface area contributed by atoms with Crippen LogP contribution in [0.5, 0.6) is 0 Å². The number of halogens is 1. The van der Waals surface area contributed by atoms with Gasteiger partial charge in [0.1, 0.15) is 5.82 Å². The Kier molecular flexibility index (Phi) is 8.04. The Morgan fingerprint density at radius 3 is 2.28 bits per heavy atom. The molecule has 0 saturated heterocycles. The highest BCUT2D eigenvalue weighted by molar-refractivity contribution is 5.94. The Labute approximate surface area is 212 Å². The lowest BCUT2D eigenvalue weighted by atomic mass is 9.94. The zero-order chi connectivity index (χ0) is 25.7. The van der Waals surface area contributed by atoms with Gasteiger partial charge in [-0.25, -0.2) is 4.39 Å². The Bertz CT molecular complexity index is 1190. The highest BCUT2D eigenvalue weighted by Crippen LogP contribution is 2.32. The van der Waals surface area contributed by atoms with Gasteiger partial charge >= 0.3 is 0 Å². The van der Waals surface area contributed by atoms with Crippen LogP contribution in [0.3, 0.4) is 0 Å². The van der Waals surface area contributed by atoms with Gasteiger partial charge in [0, 0.05) is 44.5 Å². The van der Waals surface area contributed by atoms with Crippen LogP contribution in [-0.4, -0.2) is 30.8 Å². The topological polar surface area (TPSA) is 52.7 Å². The molecule has 4 rings (SSSR count). The van der Waals surface area contributed by atoms with Gasteiger partial charge < -0.3 is 15.1 Å². The van der Waals surface area contributed by atoms with Crippen LogP contribution in [0.25, 0.3) is 0 Å². The molecule has 1 saturated carbocycles. The quantitative estimate of drug-likeness (QED) is 0.384. The molecular weight excluding hydrogens is 453 g/mol. The summed E-state index contributed by atoms with van der Waals surface area (Å²) in [6.45, 7) is 2.74. The Morgan fingerprint density at radius 1 is 0.972 bits per heavy atom. The molecule has 1 aliphatic rings. The monoisotopic (exact) mass is 487 g/mol. The van der Waals surface area contributed by atoms with E-state index >= 15 is 0 Å². The number of nitrogens with one attached hydrogen (secondary N) is 1. The first-order chi connectivity index (χ1) is 17.4. The van der Waals surface area contributed by atoms with Crippen LogP contribution in [0.1, 0.15) is 48.8 Å². The zero-order valence-corrected chi connectivity index (χ0v) is 21.2. The smallest absolute Gasteiger partial charge is 0.230 e. The molecule has 1 aliphatic carbocycles. The molecule has 0 spiro atoms. The summed E-state index contributed by atoms with van der Waals surface area (Å²) >= 11 is 0. The average Bonchev–Trinajstić information content (AvgIpc) is 3.72. The molecule has 0 bridgehead atoms. The summed E-state index contributed by atoms with van der Waals surface area (Å²) in [5.41, 5.74) is 4.48. The van der Waals surface area contributed by atoms with Crippen LogP contribution in [-0.2, 0) is 22.7 Å². The van der Waals surface area contributed by atoms with Crippen LogP contribution in [0.15, 0.2) is 72.8 Å². The second-order valence-electron chi connectivity index (χ2n) is 9.69. The molecule has 6 heteroatoms. The molecular formula is C30H34FN3O2. The number of nitrogens with zero attached hydrogens (tertiary/aromatic N) is 2. The number of benzene rings is 3. The summed E-state index contributed by atoms with van der Waals surface area (Å²) in [5, 5.41) is 3.03. The summed E-state index contributed by atoms with van der Waals surface area (Å²) in [6, 6.07) is 22.0. The fourth-order valence-corrected chi connectivity index (χ4v) is 4.50.